The Morgan fingerprint density at radius 1 is 1.23 bits per heavy atom. The quantitative estimate of drug-likeness (QED) is 0.908. The van der Waals surface area contributed by atoms with Gasteiger partial charge in [0.25, 0.3) is 0 Å². The molecule has 0 bridgehead atoms. The monoisotopic (exact) mass is 315 g/mol. The second kappa shape index (κ2) is 5.88. The van der Waals surface area contributed by atoms with Gasteiger partial charge in [0.1, 0.15) is 0 Å². The highest BCUT2D eigenvalue weighted by Crippen LogP contribution is 2.38. The summed E-state index contributed by atoms with van der Waals surface area (Å²) >= 11 is 1.42. The van der Waals surface area contributed by atoms with E-state index < -0.39 is 0 Å². The molecule has 2 aromatic rings. The SMILES string of the molecule is CC(=O)Nc1ccc(-c2csc(NC(=O)[C@@H]3C[C@H]3C)n2)cc1. The predicted molar refractivity (Wildman–Crippen MR) is 87.8 cm³/mol. The summed E-state index contributed by atoms with van der Waals surface area (Å²) in [4.78, 5) is 27.3. The minimum atomic E-state index is -0.0966. The number of nitrogens with zero attached hydrogens (tertiary/aromatic N) is 1. The van der Waals surface area contributed by atoms with Gasteiger partial charge in [-0.2, -0.15) is 0 Å². The molecule has 114 valence electrons. The molecule has 3 rings (SSSR count). The molecular weight excluding hydrogens is 298 g/mol. The molecule has 5 nitrogen and oxygen atoms in total. The predicted octanol–water partition coefficient (Wildman–Crippen LogP) is 3.36. The summed E-state index contributed by atoms with van der Waals surface area (Å²) in [6, 6.07) is 7.46. The summed E-state index contributed by atoms with van der Waals surface area (Å²) in [6.45, 7) is 3.55. The molecule has 2 amide bonds. The van der Waals surface area contributed by atoms with Crippen LogP contribution in [0.1, 0.15) is 20.3 Å². The first-order valence-corrected chi connectivity index (χ1v) is 8.05. The van der Waals surface area contributed by atoms with Gasteiger partial charge < -0.3 is 10.6 Å². The number of carbonyl (C=O) groups is 2. The number of amides is 2. The van der Waals surface area contributed by atoms with E-state index in [0.717, 1.165) is 23.4 Å². The summed E-state index contributed by atoms with van der Waals surface area (Å²) in [5, 5.41) is 8.14. The van der Waals surface area contributed by atoms with Gasteiger partial charge in [-0.15, -0.1) is 11.3 Å². The van der Waals surface area contributed by atoms with Crippen LogP contribution in [0.5, 0.6) is 0 Å². The molecule has 2 atom stereocenters. The van der Waals surface area contributed by atoms with E-state index in [-0.39, 0.29) is 17.7 Å². The van der Waals surface area contributed by atoms with Crippen molar-refractivity contribution in [3.8, 4) is 11.3 Å². The lowest BCUT2D eigenvalue weighted by atomic mass is 10.1. The Balaban J connectivity index is 1.67. The van der Waals surface area contributed by atoms with E-state index in [4.69, 9.17) is 0 Å². The molecule has 1 aliphatic carbocycles. The molecule has 2 N–H and O–H groups in total. The van der Waals surface area contributed by atoms with Crippen LogP contribution in [0.4, 0.5) is 10.8 Å². The van der Waals surface area contributed by atoms with E-state index in [1.54, 1.807) is 0 Å². The molecule has 1 heterocycles. The van der Waals surface area contributed by atoms with Crippen molar-refractivity contribution in [2.75, 3.05) is 10.6 Å². The lowest BCUT2D eigenvalue weighted by Gasteiger charge is -2.03. The molecule has 1 aromatic carbocycles. The highest BCUT2D eigenvalue weighted by Gasteiger charge is 2.39. The fourth-order valence-corrected chi connectivity index (χ4v) is 3.00. The van der Waals surface area contributed by atoms with E-state index in [1.807, 2.05) is 29.6 Å². The first-order valence-electron chi connectivity index (χ1n) is 7.17. The number of thiazole rings is 1. The van der Waals surface area contributed by atoms with Gasteiger partial charge in [-0.25, -0.2) is 4.98 Å². The Labute approximate surface area is 132 Å². The van der Waals surface area contributed by atoms with Gasteiger partial charge >= 0.3 is 0 Å². The number of anilines is 2. The number of nitrogens with one attached hydrogen (secondary N) is 2. The van der Waals surface area contributed by atoms with Crippen molar-refractivity contribution in [2.45, 2.75) is 20.3 Å². The Hall–Kier alpha value is -2.21. The van der Waals surface area contributed by atoms with Gasteiger partial charge in [0.15, 0.2) is 5.13 Å². The lowest BCUT2D eigenvalue weighted by molar-refractivity contribution is -0.117. The Bertz CT molecular complexity index is 708. The molecular formula is C16H17N3O2S. The first-order chi connectivity index (χ1) is 10.5. The summed E-state index contributed by atoms with van der Waals surface area (Å²) in [5.41, 5.74) is 2.52. The van der Waals surface area contributed by atoms with Crippen LogP contribution in [0.3, 0.4) is 0 Å². The first kappa shape index (κ1) is 14.7. The maximum atomic E-state index is 11.9. The highest BCUT2D eigenvalue weighted by atomic mass is 32.1. The van der Waals surface area contributed by atoms with Gasteiger partial charge in [-0.05, 0) is 24.5 Å². The summed E-state index contributed by atoms with van der Waals surface area (Å²) in [5.74, 6) is 0.597. The van der Waals surface area contributed by atoms with E-state index in [0.29, 0.717) is 11.0 Å². The zero-order chi connectivity index (χ0) is 15.7. The van der Waals surface area contributed by atoms with E-state index in [2.05, 4.69) is 22.5 Å². The van der Waals surface area contributed by atoms with E-state index in [1.165, 1.54) is 18.3 Å². The van der Waals surface area contributed by atoms with Crippen LogP contribution in [-0.2, 0) is 9.59 Å². The molecule has 0 saturated heterocycles. The minimum absolute atomic E-state index is 0.0643. The second-order valence-electron chi connectivity index (χ2n) is 5.61. The maximum Gasteiger partial charge on any atom is 0.229 e. The van der Waals surface area contributed by atoms with Gasteiger partial charge in [-0.3, -0.25) is 9.59 Å². The topological polar surface area (TPSA) is 71.1 Å². The van der Waals surface area contributed by atoms with Crippen LogP contribution in [0, 0.1) is 11.8 Å². The van der Waals surface area contributed by atoms with Gasteiger partial charge in [0, 0.05) is 29.5 Å². The van der Waals surface area contributed by atoms with E-state index in [9.17, 15) is 9.59 Å². The Morgan fingerprint density at radius 3 is 2.50 bits per heavy atom. The van der Waals surface area contributed by atoms with Crippen LogP contribution in [0.25, 0.3) is 11.3 Å². The summed E-state index contributed by atoms with van der Waals surface area (Å²) in [6.07, 6.45) is 0.967. The number of hydrogen-bond donors (Lipinski definition) is 2. The molecule has 0 radical (unpaired) electrons. The molecule has 1 aliphatic rings. The van der Waals surface area contributed by atoms with Crippen LogP contribution in [0.15, 0.2) is 29.6 Å². The Morgan fingerprint density at radius 2 is 1.91 bits per heavy atom. The molecule has 0 unspecified atom stereocenters. The zero-order valence-corrected chi connectivity index (χ0v) is 13.2. The van der Waals surface area contributed by atoms with Crippen LogP contribution in [-0.4, -0.2) is 16.8 Å². The van der Waals surface area contributed by atoms with Crippen molar-refractivity contribution >= 4 is 34.0 Å². The molecule has 1 aromatic heterocycles. The maximum absolute atomic E-state index is 11.9. The van der Waals surface area contributed by atoms with Crippen molar-refractivity contribution in [3.63, 3.8) is 0 Å². The Kier molecular flexibility index (Phi) is 3.94. The van der Waals surface area contributed by atoms with Crippen molar-refractivity contribution in [2.24, 2.45) is 11.8 Å². The molecule has 0 spiro atoms. The zero-order valence-electron chi connectivity index (χ0n) is 12.4. The van der Waals surface area contributed by atoms with Crippen LogP contribution in [0.2, 0.25) is 0 Å². The number of rotatable bonds is 4. The third-order valence-electron chi connectivity index (χ3n) is 3.68. The molecule has 22 heavy (non-hydrogen) atoms. The van der Waals surface area contributed by atoms with Gasteiger partial charge in [0.05, 0.1) is 5.69 Å². The average Bonchev–Trinajstić information content (AvgIpc) is 3.03. The van der Waals surface area contributed by atoms with Crippen molar-refractivity contribution in [1.82, 2.24) is 4.98 Å². The van der Waals surface area contributed by atoms with Crippen molar-refractivity contribution in [3.05, 3.63) is 29.6 Å². The third kappa shape index (κ3) is 3.33. The number of aromatic nitrogens is 1. The normalized spacial score (nSPS) is 19.5. The second-order valence-corrected chi connectivity index (χ2v) is 6.46. The van der Waals surface area contributed by atoms with Crippen molar-refractivity contribution < 1.29 is 9.59 Å². The minimum Gasteiger partial charge on any atom is -0.326 e. The highest BCUT2D eigenvalue weighted by molar-refractivity contribution is 7.14. The number of hydrogen-bond acceptors (Lipinski definition) is 4. The molecule has 1 fully saturated rings. The van der Waals surface area contributed by atoms with Crippen LogP contribution >= 0.6 is 11.3 Å². The average molecular weight is 315 g/mol. The molecule has 0 aliphatic heterocycles. The lowest BCUT2D eigenvalue weighted by Crippen LogP contribution is -2.14. The van der Waals surface area contributed by atoms with Gasteiger partial charge in [0.2, 0.25) is 11.8 Å². The third-order valence-corrected chi connectivity index (χ3v) is 4.44. The summed E-state index contributed by atoms with van der Waals surface area (Å²) in [7, 11) is 0. The molecule has 6 heteroatoms. The molecule has 1 saturated carbocycles. The largest absolute Gasteiger partial charge is 0.326 e. The fourth-order valence-electron chi connectivity index (χ4n) is 2.28. The van der Waals surface area contributed by atoms with Crippen LogP contribution < -0.4 is 10.6 Å². The van der Waals surface area contributed by atoms with E-state index >= 15 is 0 Å². The number of carbonyl (C=O) groups excluding carboxylic acids is 2. The van der Waals surface area contributed by atoms with Crippen molar-refractivity contribution in [1.29, 1.82) is 0 Å². The smallest absolute Gasteiger partial charge is 0.229 e. The van der Waals surface area contributed by atoms with Gasteiger partial charge in [-0.1, -0.05) is 19.1 Å². The standard InChI is InChI=1S/C16H17N3O2S/c1-9-7-13(9)15(21)19-16-18-14(8-22-16)11-3-5-12(6-4-11)17-10(2)20/h3-6,8-9,13H,7H2,1-2H3,(H,17,20)(H,18,19,21)/t9-,13-/m1/s1. The number of benzene rings is 1. The summed E-state index contributed by atoms with van der Waals surface area (Å²) < 4.78 is 0. The fraction of sp³-hybridized carbons (Fsp3) is 0.312.